The lowest BCUT2D eigenvalue weighted by Crippen LogP contribution is -2.34. The first-order valence-corrected chi connectivity index (χ1v) is 7.03. The molecule has 0 spiro atoms. The van der Waals surface area contributed by atoms with Crippen LogP contribution in [0.5, 0.6) is 0 Å². The summed E-state index contributed by atoms with van der Waals surface area (Å²) in [4.78, 5) is 0. The fourth-order valence-electron chi connectivity index (χ4n) is 3.02. The second-order valence-corrected chi connectivity index (χ2v) is 5.90. The predicted molar refractivity (Wildman–Crippen MR) is 75.6 cm³/mol. The number of aliphatic hydroxyl groups excluding tert-OH is 1. The van der Waals surface area contributed by atoms with E-state index in [4.69, 9.17) is 0 Å². The maximum Gasteiger partial charge on any atom is 0.0499 e. The van der Waals surface area contributed by atoms with Crippen molar-refractivity contribution in [3.8, 4) is 0 Å². The van der Waals surface area contributed by atoms with Gasteiger partial charge in [0, 0.05) is 25.1 Å². The lowest BCUT2D eigenvalue weighted by molar-refractivity contribution is 0.128. The van der Waals surface area contributed by atoms with Crippen LogP contribution in [0.4, 0.5) is 0 Å². The molecule has 1 fully saturated rings. The zero-order chi connectivity index (χ0) is 13.0. The number of hydrogen-bond acceptors (Lipinski definition) is 2. The summed E-state index contributed by atoms with van der Waals surface area (Å²) in [5.41, 5.74) is 4.19. The van der Waals surface area contributed by atoms with Gasteiger partial charge in [0.2, 0.25) is 0 Å². The highest BCUT2D eigenvalue weighted by Crippen LogP contribution is 2.36. The largest absolute Gasteiger partial charge is 0.396 e. The van der Waals surface area contributed by atoms with Crippen molar-refractivity contribution < 1.29 is 5.11 Å². The van der Waals surface area contributed by atoms with Crippen LogP contribution in [-0.2, 0) is 6.54 Å². The number of aryl methyl sites for hydroxylation is 2. The lowest BCUT2D eigenvalue weighted by Gasteiger charge is -2.27. The maximum atomic E-state index is 9.56. The Balaban J connectivity index is 1.88. The normalized spacial score (nSPS) is 18.2. The van der Waals surface area contributed by atoms with Crippen molar-refractivity contribution in [1.29, 1.82) is 0 Å². The van der Waals surface area contributed by atoms with Gasteiger partial charge in [0.25, 0.3) is 0 Å². The van der Waals surface area contributed by atoms with Crippen molar-refractivity contribution >= 4 is 0 Å². The predicted octanol–water partition coefficient (Wildman–Crippen LogP) is 2.95. The summed E-state index contributed by atoms with van der Waals surface area (Å²) in [6.45, 7) is 6.47. The van der Waals surface area contributed by atoms with Gasteiger partial charge in [0.05, 0.1) is 0 Å². The van der Waals surface area contributed by atoms with Crippen molar-refractivity contribution in [1.82, 2.24) is 5.32 Å². The number of benzene rings is 1. The van der Waals surface area contributed by atoms with Gasteiger partial charge < -0.3 is 10.4 Å². The molecule has 1 aromatic carbocycles. The highest BCUT2D eigenvalue weighted by atomic mass is 16.3. The third-order valence-corrected chi connectivity index (χ3v) is 4.31. The van der Waals surface area contributed by atoms with Crippen LogP contribution in [0.25, 0.3) is 0 Å². The molecule has 100 valence electrons. The molecule has 0 radical (unpaired) electrons. The number of hydrogen-bond donors (Lipinski definition) is 2. The highest BCUT2D eigenvalue weighted by molar-refractivity contribution is 5.30. The third-order valence-electron chi connectivity index (χ3n) is 4.31. The molecule has 0 unspecified atom stereocenters. The van der Waals surface area contributed by atoms with E-state index in [1.165, 1.54) is 42.4 Å². The fraction of sp³-hybridized carbons (Fsp3) is 0.625. The summed E-state index contributed by atoms with van der Waals surface area (Å²) in [6.07, 6.45) is 4.88. The maximum absolute atomic E-state index is 9.56. The molecule has 0 bridgehead atoms. The van der Waals surface area contributed by atoms with Gasteiger partial charge in [-0.25, -0.2) is 0 Å². The van der Waals surface area contributed by atoms with Crippen LogP contribution < -0.4 is 5.32 Å². The van der Waals surface area contributed by atoms with Gasteiger partial charge in [0.1, 0.15) is 0 Å². The lowest BCUT2D eigenvalue weighted by atomic mass is 9.87. The topological polar surface area (TPSA) is 32.3 Å². The Bertz CT molecular complexity index is 394. The van der Waals surface area contributed by atoms with Gasteiger partial charge in [0.15, 0.2) is 0 Å². The van der Waals surface area contributed by atoms with Gasteiger partial charge in [-0.2, -0.15) is 0 Å². The Kier molecular flexibility index (Phi) is 4.41. The highest BCUT2D eigenvalue weighted by Gasteiger charge is 2.32. The van der Waals surface area contributed by atoms with Crippen molar-refractivity contribution in [3.05, 3.63) is 34.9 Å². The molecule has 0 heterocycles. The van der Waals surface area contributed by atoms with Gasteiger partial charge in [-0.3, -0.25) is 0 Å². The zero-order valence-corrected chi connectivity index (χ0v) is 11.6. The quantitative estimate of drug-likeness (QED) is 0.838. The van der Waals surface area contributed by atoms with Gasteiger partial charge in [-0.15, -0.1) is 0 Å². The van der Waals surface area contributed by atoms with E-state index < -0.39 is 0 Å². The van der Waals surface area contributed by atoms with Gasteiger partial charge in [-0.1, -0.05) is 36.6 Å². The minimum atomic E-state index is 0.151. The average Bonchev–Trinajstić information content (AvgIpc) is 2.81. The SMILES string of the molecule is Cc1ccc(CNCC2(CO)CCCC2)c(C)c1. The van der Waals surface area contributed by atoms with E-state index in [1.54, 1.807) is 0 Å². The summed E-state index contributed by atoms with van der Waals surface area (Å²) < 4.78 is 0. The molecule has 0 atom stereocenters. The fourth-order valence-corrected chi connectivity index (χ4v) is 3.02. The first-order valence-electron chi connectivity index (χ1n) is 7.03. The molecule has 2 nitrogen and oxygen atoms in total. The molecule has 2 N–H and O–H groups in total. The minimum absolute atomic E-state index is 0.151. The van der Waals surface area contributed by atoms with E-state index in [-0.39, 0.29) is 5.41 Å². The van der Waals surface area contributed by atoms with E-state index in [0.29, 0.717) is 6.61 Å². The Labute approximate surface area is 110 Å². The molecule has 0 saturated heterocycles. The Morgan fingerprint density at radius 1 is 1.22 bits per heavy atom. The van der Waals surface area contributed by atoms with Crippen LogP contribution in [-0.4, -0.2) is 18.3 Å². The molecule has 0 aliphatic heterocycles. The molecule has 18 heavy (non-hydrogen) atoms. The van der Waals surface area contributed by atoms with Crippen LogP contribution in [0.15, 0.2) is 18.2 Å². The smallest absolute Gasteiger partial charge is 0.0499 e. The molecular weight excluding hydrogens is 222 g/mol. The first-order chi connectivity index (χ1) is 8.65. The first kappa shape index (κ1) is 13.6. The summed E-state index contributed by atoms with van der Waals surface area (Å²) in [5.74, 6) is 0. The molecule has 2 rings (SSSR count). The van der Waals surface area contributed by atoms with Gasteiger partial charge >= 0.3 is 0 Å². The van der Waals surface area contributed by atoms with Crippen molar-refractivity contribution in [2.75, 3.05) is 13.2 Å². The Morgan fingerprint density at radius 2 is 1.94 bits per heavy atom. The van der Waals surface area contributed by atoms with E-state index in [2.05, 4.69) is 37.4 Å². The van der Waals surface area contributed by atoms with Crippen molar-refractivity contribution in [3.63, 3.8) is 0 Å². The molecule has 0 aromatic heterocycles. The summed E-state index contributed by atoms with van der Waals surface area (Å²) in [5, 5.41) is 13.1. The monoisotopic (exact) mass is 247 g/mol. The second kappa shape index (κ2) is 5.85. The van der Waals surface area contributed by atoms with Crippen molar-refractivity contribution in [2.24, 2.45) is 5.41 Å². The summed E-state index contributed by atoms with van der Waals surface area (Å²) >= 11 is 0. The average molecular weight is 247 g/mol. The van der Waals surface area contributed by atoms with Crippen molar-refractivity contribution in [2.45, 2.75) is 46.1 Å². The Morgan fingerprint density at radius 3 is 2.56 bits per heavy atom. The van der Waals surface area contributed by atoms with E-state index in [0.717, 1.165) is 13.1 Å². The number of rotatable bonds is 5. The van der Waals surface area contributed by atoms with E-state index >= 15 is 0 Å². The molecule has 1 aromatic rings. The third kappa shape index (κ3) is 3.12. The number of aliphatic hydroxyl groups is 1. The molecule has 2 heteroatoms. The molecule has 0 amide bonds. The Hall–Kier alpha value is -0.860. The molecule has 1 saturated carbocycles. The van der Waals surface area contributed by atoms with Crippen LogP contribution >= 0.6 is 0 Å². The van der Waals surface area contributed by atoms with Crippen LogP contribution in [0, 0.1) is 19.3 Å². The molecule has 1 aliphatic rings. The van der Waals surface area contributed by atoms with Crippen LogP contribution in [0.2, 0.25) is 0 Å². The minimum Gasteiger partial charge on any atom is -0.396 e. The van der Waals surface area contributed by atoms with E-state index in [1.807, 2.05) is 0 Å². The van der Waals surface area contributed by atoms with Crippen LogP contribution in [0.1, 0.15) is 42.4 Å². The molecular formula is C16H25NO. The summed E-state index contributed by atoms with van der Waals surface area (Å²) in [7, 11) is 0. The number of nitrogens with one attached hydrogen (secondary N) is 1. The zero-order valence-electron chi connectivity index (χ0n) is 11.6. The van der Waals surface area contributed by atoms with Crippen LogP contribution in [0.3, 0.4) is 0 Å². The summed E-state index contributed by atoms with van der Waals surface area (Å²) in [6, 6.07) is 6.60. The van der Waals surface area contributed by atoms with Gasteiger partial charge in [-0.05, 0) is 37.8 Å². The standard InChI is InChI=1S/C16H25NO/c1-13-5-6-15(14(2)9-13)10-17-11-16(12-18)7-3-4-8-16/h5-6,9,17-18H,3-4,7-8,10-12H2,1-2H3. The van der Waals surface area contributed by atoms with E-state index in [9.17, 15) is 5.11 Å². The second-order valence-electron chi connectivity index (χ2n) is 5.90. The molecule has 1 aliphatic carbocycles.